The maximum absolute atomic E-state index is 14.2. The van der Waals surface area contributed by atoms with Crippen LogP contribution in [0.3, 0.4) is 0 Å². The molecule has 15 heteroatoms. The smallest absolute Gasteiger partial charge is 0.264 e. The molecule has 0 unspecified atom stereocenters. The zero-order chi connectivity index (χ0) is 26.3. The van der Waals surface area contributed by atoms with Gasteiger partial charge in [-0.15, -0.1) is 17.5 Å². The molecule has 0 radical (unpaired) electrons. The molecule has 2 fully saturated rings. The fraction of sp³-hybridized carbons (Fsp3) is 0.591. The van der Waals surface area contributed by atoms with E-state index in [1.165, 1.54) is 34.2 Å². The van der Waals surface area contributed by atoms with Gasteiger partial charge in [-0.1, -0.05) is 22.9 Å². The van der Waals surface area contributed by atoms with Crippen LogP contribution in [-0.2, 0) is 17.1 Å². The molecule has 1 amide bonds. The molecule has 1 saturated heterocycles. The number of sulfonamides is 1. The molecular formula is C22H29Cl2F3N6O3S. The Balaban J connectivity index is 0.00000380. The van der Waals surface area contributed by atoms with Gasteiger partial charge in [0, 0.05) is 58.2 Å². The van der Waals surface area contributed by atoms with Gasteiger partial charge < -0.3 is 5.32 Å². The Morgan fingerprint density at radius 3 is 2.32 bits per heavy atom. The predicted molar refractivity (Wildman–Crippen MR) is 133 cm³/mol. The lowest BCUT2D eigenvalue weighted by Gasteiger charge is -2.50. The summed E-state index contributed by atoms with van der Waals surface area (Å²) in [7, 11) is -2.27. The van der Waals surface area contributed by atoms with Crippen LogP contribution < -0.4 is 5.32 Å². The SMILES string of the molecule is Cc1ccc(C(=O)NCC2(N3CCN(S(=O)(=O)c4cn(C)nn4)CC3)CCC(F)(F)CC2)c(Cl)c1F.Cl. The van der Waals surface area contributed by atoms with E-state index in [1.54, 1.807) is 7.05 Å². The average molecular weight is 585 g/mol. The van der Waals surface area contributed by atoms with Gasteiger partial charge in [0.25, 0.3) is 15.9 Å². The fourth-order valence-corrected chi connectivity index (χ4v) is 6.46. The van der Waals surface area contributed by atoms with Gasteiger partial charge in [-0.3, -0.25) is 14.4 Å². The molecule has 1 saturated carbocycles. The van der Waals surface area contributed by atoms with E-state index < -0.39 is 33.2 Å². The molecule has 206 valence electrons. The molecule has 0 atom stereocenters. The highest BCUT2D eigenvalue weighted by Crippen LogP contribution is 2.42. The normalized spacial score (nSPS) is 20.3. The van der Waals surface area contributed by atoms with Crippen molar-refractivity contribution in [1.29, 1.82) is 0 Å². The molecule has 0 spiro atoms. The zero-order valence-electron chi connectivity index (χ0n) is 20.4. The van der Waals surface area contributed by atoms with Crippen LogP contribution in [0.1, 0.15) is 41.6 Å². The molecule has 37 heavy (non-hydrogen) atoms. The van der Waals surface area contributed by atoms with Crippen molar-refractivity contribution in [3.05, 3.63) is 40.3 Å². The van der Waals surface area contributed by atoms with Gasteiger partial charge in [-0.25, -0.2) is 21.6 Å². The van der Waals surface area contributed by atoms with Gasteiger partial charge in [0.2, 0.25) is 10.9 Å². The molecule has 4 rings (SSSR count). The number of aromatic nitrogens is 3. The second-order valence-corrected chi connectivity index (χ2v) is 11.7. The van der Waals surface area contributed by atoms with Crippen molar-refractivity contribution in [2.45, 2.75) is 49.1 Å². The maximum Gasteiger partial charge on any atom is 0.264 e. The minimum Gasteiger partial charge on any atom is -0.350 e. The highest BCUT2D eigenvalue weighted by atomic mass is 35.5. The highest BCUT2D eigenvalue weighted by Gasteiger charge is 2.48. The number of hydrogen-bond donors (Lipinski definition) is 1. The summed E-state index contributed by atoms with van der Waals surface area (Å²) < 4.78 is 70.7. The van der Waals surface area contributed by atoms with E-state index in [1.807, 2.05) is 4.90 Å². The first kappa shape index (κ1) is 29.6. The molecule has 1 aromatic heterocycles. The highest BCUT2D eigenvalue weighted by molar-refractivity contribution is 7.89. The molecule has 2 aliphatic rings. The third-order valence-electron chi connectivity index (χ3n) is 7.11. The average Bonchev–Trinajstić information content (AvgIpc) is 3.29. The van der Waals surface area contributed by atoms with Crippen LogP contribution in [0.5, 0.6) is 0 Å². The van der Waals surface area contributed by atoms with Gasteiger partial charge in [-0.05, 0) is 31.4 Å². The Labute approximate surface area is 224 Å². The van der Waals surface area contributed by atoms with Crippen molar-refractivity contribution in [2.75, 3.05) is 32.7 Å². The third kappa shape index (κ3) is 6.06. The van der Waals surface area contributed by atoms with Crippen LogP contribution in [0, 0.1) is 12.7 Å². The number of piperazine rings is 1. The van der Waals surface area contributed by atoms with Crippen LogP contribution in [0.25, 0.3) is 0 Å². The lowest BCUT2D eigenvalue weighted by atomic mass is 9.78. The number of rotatable bonds is 6. The summed E-state index contributed by atoms with van der Waals surface area (Å²) in [5.41, 5.74) is -0.525. The van der Waals surface area contributed by atoms with E-state index in [4.69, 9.17) is 11.6 Å². The molecule has 2 heterocycles. The van der Waals surface area contributed by atoms with E-state index in [9.17, 15) is 26.4 Å². The van der Waals surface area contributed by atoms with E-state index in [0.717, 1.165) is 0 Å². The number of nitrogens with zero attached hydrogens (tertiary/aromatic N) is 5. The lowest BCUT2D eigenvalue weighted by Crippen LogP contribution is -2.63. The Morgan fingerprint density at radius 1 is 1.14 bits per heavy atom. The maximum atomic E-state index is 14.2. The first-order chi connectivity index (χ1) is 16.8. The Bertz CT molecular complexity index is 1240. The quantitative estimate of drug-likeness (QED) is 0.560. The van der Waals surface area contributed by atoms with Crippen molar-refractivity contribution in [3.8, 4) is 0 Å². The molecule has 0 bridgehead atoms. The molecule has 9 nitrogen and oxygen atoms in total. The van der Waals surface area contributed by atoms with E-state index in [-0.39, 0.29) is 73.3 Å². The molecule has 1 aliphatic carbocycles. The van der Waals surface area contributed by atoms with Crippen LogP contribution in [0.4, 0.5) is 13.2 Å². The summed E-state index contributed by atoms with van der Waals surface area (Å²) in [6.07, 6.45) is 0.864. The van der Waals surface area contributed by atoms with Crippen molar-refractivity contribution < 1.29 is 26.4 Å². The second kappa shape index (κ2) is 11.0. The van der Waals surface area contributed by atoms with Crippen molar-refractivity contribution in [2.24, 2.45) is 7.05 Å². The molecular weight excluding hydrogens is 556 g/mol. The zero-order valence-corrected chi connectivity index (χ0v) is 22.8. The van der Waals surface area contributed by atoms with Gasteiger partial charge in [0.05, 0.1) is 16.8 Å². The van der Waals surface area contributed by atoms with Crippen molar-refractivity contribution >= 4 is 39.9 Å². The summed E-state index contributed by atoms with van der Waals surface area (Å²) in [6.45, 7) is 2.44. The minimum absolute atomic E-state index is 0. The largest absolute Gasteiger partial charge is 0.350 e. The standard InChI is InChI=1S/C22H28ClF3N6O3S.ClH/c1-15-3-4-16(18(23)19(15)24)20(33)27-14-21(5-7-22(25,26)8-6-21)31-9-11-32(12-10-31)36(34,35)17-13-30(2)29-28-17;/h3-4,13H,5-12,14H2,1-2H3,(H,27,33);1H. The molecule has 1 aromatic carbocycles. The first-order valence-corrected chi connectivity index (χ1v) is 13.4. The predicted octanol–water partition coefficient (Wildman–Crippen LogP) is 3.02. The number of carbonyl (C=O) groups excluding carboxylic acids is 1. The van der Waals surface area contributed by atoms with Gasteiger partial charge in [0.1, 0.15) is 5.82 Å². The van der Waals surface area contributed by atoms with Crippen LogP contribution in [0.2, 0.25) is 5.02 Å². The number of benzene rings is 1. The summed E-state index contributed by atoms with van der Waals surface area (Å²) in [6, 6.07) is 2.87. The van der Waals surface area contributed by atoms with E-state index in [0.29, 0.717) is 18.7 Å². The number of halogens is 5. The van der Waals surface area contributed by atoms with Gasteiger partial charge in [0.15, 0.2) is 0 Å². The number of amides is 1. The van der Waals surface area contributed by atoms with Gasteiger partial charge in [-0.2, -0.15) is 4.31 Å². The van der Waals surface area contributed by atoms with E-state index >= 15 is 0 Å². The van der Waals surface area contributed by atoms with Crippen molar-refractivity contribution in [1.82, 2.24) is 29.5 Å². The second-order valence-electron chi connectivity index (χ2n) is 9.44. The first-order valence-electron chi connectivity index (χ1n) is 11.6. The Kier molecular flexibility index (Phi) is 8.85. The third-order valence-corrected chi connectivity index (χ3v) is 9.24. The summed E-state index contributed by atoms with van der Waals surface area (Å²) in [5.74, 6) is -4.08. The van der Waals surface area contributed by atoms with Crippen LogP contribution in [0.15, 0.2) is 23.4 Å². The van der Waals surface area contributed by atoms with Gasteiger partial charge >= 0.3 is 0 Å². The monoisotopic (exact) mass is 584 g/mol. The molecule has 1 N–H and O–H groups in total. The number of alkyl halides is 2. The fourth-order valence-electron chi connectivity index (χ4n) is 4.83. The molecule has 1 aliphatic heterocycles. The Morgan fingerprint density at radius 2 is 1.76 bits per heavy atom. The number of hydrogen-bond acceptors (Lipinski definition) is 6. The van der Waals surface area contributed by atoms with E-state index in [2.05, 4.69) is 15.6 Å². The van der Waals surface area contributed by atoms with Crippen molar-refractivity contribution in [3.63, 3.8) is 0 Å². The number of aryl methyl sites for hydroxylation is 2. The van der Waals surface area contributed by atoms with Crippen LogP contribution >= 0.6 is 24.0 Å². The summed E-state index contributed by atoms with van der Waals surface area (Å²) in [5, 5.41) is 9.70. The number of carbonyl (C=O) groups is 1. The number of nitrogens with one attached hydrogen (secondary N) is 1. The topological polar surface area (TPSA) is 100 Å². The summed E-state index contributed by atoms with van der Waals surface area (Å²) >= 11 is 6.03. The summed E-state index contributed by atoms with van der Waals surface area (Å²) in [4.78, 5) is 14.8. The lowest BCUT2D eigenvalue weighted by molar-refractivity contribution is -0.0856. The minimum atomic E-state index is -3.84. The molecule has 2 aromatic rings. The Hall–Kier alpha value is -1.93. The van der Waals surface area contributed by atoms with Crippen LogP contribution in [-0.4, -0.2) is 82.7 Å².